The molecule has 0 aliphatic carbocycles. The normalized spacial score (nSPS) is 16.8. The van der Waals surface area contributed by atoms with Crippen LogP contribution in [0.25, 0.3) is 0 Å². The number of hydrogen-bond acceptors (Lipinski definition) is 4. The van der Waals surface area contributed by atoms with Gasteiger partial charge in [-0.15, -0.1) is 0 Å². The number of anilines is 2. The van der Waals surface area contributed by atoms with Gasteiger partial charge in [0.1, 0.15) is 0 Å². The van der Waals surface area contributed by atoms with E-state index in [0.717, 1.165) is 18.5 Å². The van der Waals surface area contributed by atoms with Crippen LogP contribution in [-0.2, 0) is 21.2 Å². The second-order valence-corrected chi connectivity index (χ2v) is 9.83. The Morgan fingerprint density at radius 2 is 1.83 bits per heavy atom. The topological polar surface area (TPSA) is 69.7 Å². The van der Waals surface area contributed by atoms with Crippen LogP contribution in [0.5, 0.6) is 0 Å². The van der Waals surface area contributed by atoms with Gasteiger partial charge < -0.3 is 10.2 Å². The third-order valence-electron chi connectivity index (χ3n) is 5.52. The highest BCUT2D eigenvalue weighted by molar-refractivity contribution is 7.89. The first-order valence-electron chi connectivity index (χ1n) is 9.92. The van der Waals surface area contributed by atoms with Crippen LogP contribution in [0.2, 0.25) is 0 Å². The van der Waals surface area contributed by atoms with Crippen LogP contribution in [-0.4, -0.2) is 44.3 Å². The number of aryl methyl sites for hydroxylation is 1. The number of carbonyl (C=O) groups excluding carboxylic acids is 1. The Kier molecular flexibility index (Phi) is 6.29. The van der Waals surface area contributed by atoms with Crippen molar-refractivity contribution in [3.63, 3.8) is 0 Å². The van der Waals surface area contributed by atoms with E-state index in [4.69, 9.17) is 0 Å². The third kappa shape index (κ3) is 4.62. The summed E-state index contributed by atoms with van der Waals surface area (Å²) in [6.07, 6.45) is 2.04. The van der Waals surface area contributed by atoms with E-state index in [1.807, 2.05) is 26.0 Å². The van der Waals surface area contributed by atoms with Gasteiger partial charge in [-0.05, 0) is 69.5 Å². The number of hydrogen-bond donors (Lipinski definition) is 1. The molecule has 0 aromatic heterocycles. The summed E-state index contributed by atoms with van der Waals surface area (Å²) in [4.78, 5) is 15.0. The summed E-state index contributed by atoms with van der Waals surface area (Å²) in [5, 5.41) is 2.88. The van der Waals surface area contributed by atoms with Gasteiger partial charge in [-0.3, -0.25) is 4.79 Å². The van der Waals surface area contributed by atoms with E-state index < -0.39 is 10.0 Å². The van der Waals surface area contributed by atoms with Gasteiger partial charge in [0.2, 0.25) is 15.9 Å². The molecule has 156 valence electrons. The SMILES string of the molecule is CC(C)N(C)S(=O)(=O)c1ccc(NC(=O)CN2c3ccccc3CC[C@H]2C)cc1. The number of carbonyl (C=O) groups is 1. The molecule has 0 saturated carbocycles. The molecule has 1 heterocycles. The summed E-state index contributed by atoms with van der Waals surface area (Å²) in [5.74, 6) is -0.122. The quantitative estimate of drug-likeness (QED) is 0.784. The van der Waals surface area contributed by atoms with Crippen molar-refractivity contribution in [3.05, 3.63) is 54.1 Å². The summed E-state index contributed by atoms with van der Waals surface area (Å²) in [6.45, 7) is 6.04. The fourth-order valence-electron chi connectivity index (χ4n) is 3.51. The van der Waals surface area contributed by atoms with Gasteiger partial charge in [0, 0.05) is 30.5 Å². The van der Waals surface area contributed by atoms with Crippen molar-refractivity contribution in [2.45, 2.75) is 50.6 Å². The zero-order valence-electron chi connectivity index (χ0n) is 17.4. The van der Waals surface area contributed by atoms with Crippen molar-refractivity contribution >= 4 is 27.3 Å². The van der Waals surface area contributed by atoms with Gasteiger partial charge in [0.15, 0.2) is 0 Å². The average Bonchev–Trinajstić information content (AvgIpc) is 2.70. The lowest BCUT2D eigenvalue weighted by Gasteiger charge is -2.36. The molecule has 29 heavy (non-hydrogen) atoms. The van der Waals surface area contributed by atoms with Crippen LogP contribution >= 0.6 is 0 Å². The predicted molar refractivity (Wildman–Crippen MR) is 117 cm³/mol. The highest BCUT2D eigenvalue weighted by Gasteiger charge is 2.25. The fraction of sp³-hybridized carbons (Fsp3) is 0.409. The zero-order chi connectivity index (χ0) is 21.2. The summed E-state index contributed by atoms with van der Waals surface area (Å²) < 4.78 is 26.4. The monoisotopic (exact) mass is 415 g/mol. The maximum Gasteiger partial charge on any atom is 0.243 e. The van der Waals surface area contributed by atoms with Crippen LogP contribution in [0.3, 0.4) is 0 Å². The maximum absolute atomic E-state index is 12.6. The first-order valence-corrected chi connectivity index (χ1v) is 11.4. The van der Waals surface area contributed by atoms with Crippen molar-refractivity contribution in [1.29, 1.82) is 0 Å². The molecule has 7 heteroatoms. The molecule has 1 amide bonds. The fourth-order valence-corrected chi connectivity index (χ4v) is 4.88. The number of rotatable bonds is 6. The lowest BCUT2D eigenvalue weighted by molar-refractivity contribution is -0.115. The van der Waals surface area contributed by atoms with Crippen LogP contribution in [0, 0.1) is 0 Å². The Morgan fingerprint density at radius 1 is 1.17 bits per heavy atom. The Balaban J connectivity index is 1.69. The minimum Gasteiger partial charge on any atom is -0.359 e. The van der Waals surface area contributed by atoms with Gasteiger partial charge in [-0.2, -0.15) is 4.31 Å². The number of benzene rings is 2. The highest BCUT2D eigenvalue weighted by Crippen LogP contribution is 2.30. The van der Waals surface area contributed by atoms with Crippen LogP contribution in [0.1, 0.15) is 32.8 Å². The largest absolute Gasteiger partial charge is 0.359 e. The molecule has 0 fully saturated rings. The smallest absolute Gasteiger partial charge is 0.243 e. The minimum atomic E-state index is -3.53. The molecule has 0 spiro atoms. The van der Waals surface area contributed by atoms with Gasteiger partial charge in [0.05, 0.1) is 11.4 Å². The Labute approximate surface area is 173 Å². The zero-order valence-corrected chi connectivity index (χ0v) is 18.2. The number of fused-ring (bicyclic) bond motifs is 1. The molecule has 0 radical (unpaired) electrons. The lowest BCUT2D eigenvalue weighted by atomic mass is 9.96. The molecule has 1 N–H and O–H groups in total. The summed E-state index contributed by atoms with van der Waals surface area (Å²) in [6, 6.07) is 14.7. The molecular formula is C22H29N3O3S. The van der Waals surface area contributed by atoms with Crippen molar-refractivity contribution in [2.24, 2.45) is 0 Å². The van der Waals surface area contributed by atoms with E-state index in [0.29, 0.717) is 5.69 Å². The van der Waals surface area contributed by atoms with Crippen molar-refractivity contribution in [2.75, 3.05) is 23.8 Å². The van der Waals surface area contributed by atoms with Crippen LogP contribution in [0.15, 0.2) is 53.4 Å². The molecule has 3 rings (SSSR count). The Bertz CT molecular complexity index is 971. The first-order chi connectivity index (χ1) is 13.7. The maximum atomic E-state index is 12.6. The standard InChI is InChI=1S/C22H29N3O3S/c1-16(2)24(4)29(27,28)20-13-11-19(12-14-20)23-22(26)15-25-17(3)9-10-18-7-5-6-8-21(18)25/h5-8,11-14,16-17H,9-10,15H2,1-4H3,(H,23,26)/t17-/m1/s1. The summed E-state index contributed by atoms with van der Waals surface area (Å²) in [7, 11) is -1.97. The van der Waals surface area contributed by atoms with Crippen molar-refractivity contribution < 1.29 is 13.2 Å². The number of nitrogens with zero attached hydrogens (tertiary/aromatic N) is 2. The highest BCUT2D eigenvalue weighted by atomic mass is 32.2. The first kappa shape index (κ1) is 21.3. The Hall–Kier alpha value is -2.38. The second kappa shape index (κ2) is 8.55. The van der Waals surface area contributed by atoms with Gasteiger partial charge in [-0.25, -0.2) is 8.42 Å². The lowest BCUT2D eigenvalue weighted by Crippen LogP contribution is -2.42. The molecule has 2 aromatic rings. The van der Waals surface area contributed by atoms with Crippen molar-refractivity contribution in [3.8, 4) is 0 Å². The van der Waals surface area contributed by atoms with E-state index in [1.165, 1.54) is 22.0 Å². The third-order valence-corrected chi connectivity index (χ3v) is 7.57. The van der Waals surface area contributed by atoms with E-state index in [2.05, 4.69) is 29.3 Å². The molecule has 2 aromatic carbocycles. The van der Waals surface area contributed by atoms with E-state index >= 15 is 0 Å². The van der Waals surface area contributed by atoms with Crippen LogP contribution in [0.4, 0.5) is 11.4 Å². The molecule has 0 unspecified atom stereocenters. The second-order valence-electron chi connectivity index (χ2n) is 7.83. The van der Waals surface area contributed by atoms with Gasteiger partial charge in [0.25, 0.3) is 0 Å². The van der Waals surface area contributed by atoms with Gasteiger partial charge in [-0.1, -0.05) is 18.2 Å². The summed E-state index contributed by atoms with van der Waals surface area (Å²) in [5.41, 5.74) is 2.96. The Morgan fingerprint density at radius 3 is 2.48 bits per heavy atom. The van der Waals surface area contributed by atoms with Crippen molar-refractivity contribution in [1.82, 2.24) is 4.31 Å². The number of nitrogens with one attached hydrogen (secondary N) is 1. The van der Waals surface area contributed by atoms with Gasteiger partial charge >= 0.3 is 0 Å². The average molecular weight is 416 g/mol. The number of para-hydroxylation sites is 1. The molecule has 0 saturated heterocycles. The minimum absolute atomic E-state index is 0.122. The van der Waals surface area contributed by atoms with Crippen LogP contribution < -0.4 is 10.2 Å². The van der Waals surface area contributed by atoms with E-state index in [1.54, 1.807) is 19.2 Å². The molecule has 1 aliphatic heterocycles. The van der Waals surface area contributed by atoms with E-state index in [9.17, 15) is 13.2 Å². The van der Waals surface area contributed by atoms with E-state index in [-0.39, 0.29) is 29.4 Å². The molecule has 6 nitrogen and oxygen atoms in total. The number of amides is 1. The molecule has 1 aliphatic rings. The summed E-state index contributed by atoms with van der Waals surface area (Å²) >= 11 is 0. The molecule has 0 bridgehead atoms. The molecule has 1 atom stereocenters. The predicted octanol–water partition coefficient (Wildman–Crippen LogP) is 3.50. The number of sulfonamides is 1. The molecular weight excluding hydrogens is 386 g/mol.